The number of carboxylic acid groups (broad SMARTS) is 1. The molecule has 0 bridgehead atoms. The van der Waals surface area contributed by atoms with Gasteiger partial charge in [-0.25, -0.2) is 0 Å². The van der Waals surface area contributed by atoms with Crippen LogP contribution in [0.4, 0.5) is 10.7 Å². The fourth-order valence-corrected chi connectivity index (χ4v) is 6.68. The molecule has 2 amide bonds. The maximum absolute atomic E-state index is 12.7. The van der Waals surface area contributed by atoms with Crippen LogP contribution in [0.5, 0.6) is 0 Å². The van der Waals surface area contributed by atoms with Crippen LogP contribution in [0.2, 0.25) is 0 Å². The van der Waals surface area contributed by atoms with Gasteiger partial charge in [-0.15, -0.1) is 23.1 Å². The van der Waals surface area contributed by atoms with E-state index in [1.54, 1.807) is 24.3 Å². The van der Waals surface area contributed by atoms with Crippen LogP contribution >= 0.6 is 23.1 Å². The zero-order chi connectivity index (χ0) is 24.9. The topological polar surface area (TPSA) is 119 Å². The van der Waals surface area contributed by atoms with Gasteiger partial charge in [0.2, 0.25) is 11.8 Å². The largest absolute Gasteiger partial charge is 0.481 e. The fourth-order valence-electron chi connectivity index (χ4n) is 4.54. The van der Waals surface area contributed by atoms with E-state index in [1.807, 2.05) is 12.1 Å². The second-order valence-electron chi connectivity index (χ2n) is 9.02. The molecule has 0 fully saturated rings. The Kier molecular flexibility index (Phi) is 7.93. The predicted octanol–water partition coefficient (Wildman–Crippen LogP) is 5.08. The molecular weight excluding hydrogens is 482 g/mol. The zero-order valence-corrected chi connectivity index (χ0v) is 21.0. The van der Waals surface area contributed by atoms with Crippen LogP contribution in [-0.2, 0) is 27.2 Å². The molecule has 0 spiro atoms. The molecule has 182 valence electrons. The van der Waals surface area contributed by atoms with E-state index in [1.165, 1.54) is 28.0 Å². The van der Waals surface area contributed by atoms with E-state index in [-0.39, 0.29) is 17.6 Å². The van der Waals surface area contributed by atoms with Crippen molar-refractivity contribution in [3.63, 3.8) is 0 Å². The molecule has 1 heterocycles. The van der Waals surface area contributed by atoms with Crippen molar-refractivity contribution in [1.29, 1.82) is 5.26 Å². The summed E-state index contributed by atoms with van der Waals surface area (Å²) in [6.45, 7) is 2.21. The molecule has 0 radical (unpaired) electrons. The number of carbonyl (C=O) groups is 3. The van der Waals surface area contributed by atoms with E-state index in [2.05, 4.69) is 23.6 Å². The van der Waals surface area contributed by atoms with Crippen LogP contribution in [0, 0.1) is 29.1 Å². The summed E-state index contributed by atoms with van der Waals surface area (Å²) in [6, 6.07) is 9.42. The molecule has 35 heavy (non-hydrogen) atoms. The van der Waals surface area contributed by atoms with E-state index in [9.17, 15) is 24.8 Å². The molecule has 3 N–H and O–H groups in total. The molecule has 9 heteroatoms. The summed E-state index contributed by atoms with van der Waals surface area (Å²) in [4.78, 5) is 38.9. The zero-order valence-electron chi connectivity index (χ0n) is 19.4. The number of hydrogen-bond acceptors (Lipinski definition) is 6. The second kappa shape index (κ2) is 11.1. The number of carbonyl (C=O) groups excluding carboxylic acids is 2. The van der Waals surface area contributed by atoms with Gasteiger partial charge in [0.15, 0.2) is 0 Å². The maximum Gasteiger partial charge on any atom is 0.307 e. The standard InChI is InChI=1S/C26H27N3O4S2/c1-15-9-10-18-21(13-27)25(35-22(18)11-15)29-23(30)14-34-17-6-4-5-16(12-17)28-24(31)19-7-2-3-8-20(19)26(32)33/h2-6,12,15,19-20H,7-11,14H2,1H3,(H,28,31)(H,29,30)(H,32,33). The molecule has 2 aliphatic rings. The summed E-state index contributed by atoms with van der Waals surface area (Å²) in [7, 11) is 0. The smallest absolute Gasteiger partial charge is 0.307 e. The molecular formula is C26H27N3O4S2. The third-order valence-corrected chi connectivity index (χ3v) is 8.60. The number of thioether (sulfide) groups is 1. The van der Waals surface area contributed by atoms with Gasteiger partial charge in [0.05, 0.1) is 23.2 Å². The highest BCUT2D eigenvalue weighted by Crippen LogP contribution is 2.39. The summed E-state index contributed by atoms with van der Waals surface area (Å²) in [5, 5.41) is 25.4. The predicted molar refractivity (Wildman–Crippen MR) is 138 cm³/mol. The summed E-state index contributed by atoms with van der Waals surface area (Å²) in [5.74, 6) is -2.07. The summed E-state index contributed by atoms with van der Waals surface area (Å²) >= 11 is 2.84. The van der Waals surface area contributed by atoms with E-state index in [4.69, 9.17) is 0 Å². The number of benzene rings is 1. The van der Waals surface area contributed by atoms with Gasteiger partial charge in [-0.1, -0.05) is 25.1 Å². The van der Waals surface area contributed by atoms with Crippen molar-refractivity contribution in [2.24, 2.45) is 17.8 Å². The van der Waals surface area contributed by atoms with Crippen LogP contribution in [0.15, 0.2) is 41.3 Å². The number of carboxylic acids is 1. The first-order chi connectivity index (χ1) is 16.9. The number of thiophene rings is 1. The number of nitrogens with zero attached hydrogens (tertiary/aromatic N) is 1. The summed E-state index contributed by atoms with van der Waals surface area (Å²) < 4.78 is 0. The number of hydrogen-bond donors (Lipinski definition) is 3. The van der Waals surface area contributed by atoms with Crippen molar-refractivity contribution in [2.75, 3.05) is 16.4 Å². The lowest BCUT2D eigenvalue weighted by atomic mass is 9.82. The Hall–Kier alpha value is -3.09. The molecule has 0 aliphatic heterocycles. The van der Waals surface area contributed by atoms with Gasteiger partial charge in [-0.05, 0) is 61.8 Å². The Morgan fingerprint density at radius 3 is 2.71 bits per heavy atom. The summed E-state index contributed by atoms with van der Waals surface area (Å²) in [6.07, 6.45) is 7.27. The van der Waals surface area contributed by atoms with Gasteiger partial charge in [-0.3, -0.25) is 14.4 Å². The van der Waals surface area contributed by atoms with Crippen LogP contribution in [0.1, 0.15) is 42.2 Å². The molecule has 7 nitrogen and oxygen atoms in total. The van der Waals surface area contributed by atoms with Crippen molar-refractivity contribution in [2.45, 2.75) is 43.9 Å². The average Bonchev–Trinajstić information content (AvgIpc) is 3.18. The number of fused-ring (bicyclic) bond motifs is 1. The van der Waals surface area contributed by atoms with Gasteiger partial charge >= 0.3 is 5.97 Å². The van der Waals surface area contributed by atoms with E-state index >= 15 is 0 Å². The molecule has 0 saturated heterocycles. The SMILES string of the molecule is CC1CCc2c(sc(NC(=O)CSc3cccc(NC(=O)C4CC=CCC4C(=O)O)c3)c2C#N)C1. The van der Waals surface area contributed by atoms with Crippen molar-refractivity contribution < 1.29 is 19.5 Å². The van der Waals surface area contributed by atoms with Gasteiger partial charge < -0.3 is 15.7 Å². The third kappa shape index (κ3) is 5.95. The van der Waals surface area contributed by atoms with Crippen LogP contribution in [0.25, 0.3) is 0 Å². The van der Waals surface area contributed by atoms with Gasteiger partial charge in [0.1, 0.15) is 11.1 Å². The summed E-state index contributed by atoms with van der Waals surface area (Å²) in [5.41, 5.74) is 2.24. The number of allylic oxidation sites excluding steroid dienone is 2. The Labute approximate surface area is 212 Å². The molecule has 1 aromatic carbocycles. The van der Waals surface area contributed by atoms with E-state index in [0.29, 0.717) is 35.0 Å². The minimum absolute atomic E-state index is 0.162. The number of aliphatic carboxylic acids is 1. The molecule has 4 rings (SSSR count). The highest BCUT2D eigenvalue weighted by Gasteiger charge is 2.34. The van der Waals surface area contributed by atoms with Gasteiger partial charge in [-0.2, -0.15) is 5.26 Å². The number of rotatable bonds is 7. The quantitative estimate of drug-likeness (QED) is 0.354. The van der Waals surface area contributed by atoms with Crippen LogP contribution in [0.3, 0.4) is 0 Å². The van der Waals surface area contributed by atoms with Crippen molar-refractivity contribution in [3.05, 3.63) is 52.4 Å². The second-order valence-corrected chi connectivity index (χ2v) is 11.2. The fraction of sp³-hybridized carbons (Fsp3) is 0.385. The highest BCUT2D eigenvalue weighted by molar-refractivity contribution is 8.00. The minimum Gasteiger partial charge on any atom is -0.481 e. The monoisotopic (exact) mass is 509 g/mol. The average molecular weight is 510 g/mol. The van der Waals surface area contributed by atoms with E-state index < -0.39 is 17.8 Å². The Bertz CT molecular complexity index is 1210. The molecule has 2 aliphatic carbocycles. The lowest BCUT2D eigenvalue weighted by Crippen LogP contribution is -2.34. The lowest BCUT2D eigenvalue weighted by Gasteiger charge is -2.24. The normalized spacial score (nSPS) is 21.0. The highest BCUT2D eigenvalue weighted by atomic mass is 32.2. The first-order valence-corrected chi connectivity index (χ1v) is 13.4. The third-order valence-electron chi connectivity index (χ3n) is 6.43. The Balaban J connectivity index is 1.35. The molecule has 1 aromatic heterocycles. The molecule has 3 unspecified atom stereocenters. The van der Waals surface area contributed by atoms with Crippen molar-refractivity contribution >= 4 is 51.6 Å². The number of anilines is 2. The Morgan fingerprint density at radius 1 is 1.20 bits per heavy atom. The van der Waals surface area contributed by atoms with Crippen molar-refractivity contribution in [3.8, 4) is 6.07 Å². The number of nitrogens with one attached hydrogen (secondary N) is 2. The maximum atomic E-state index is 12.7. The molecule has 2 aromatic rings. The number of amides is 2. The van der Waals surface area contributed by atoms with E-state index in [0.717, 1.165) is 29.7 Å². The Morgan fingerprint density at radius 2 is 1.97 bits per heavy atom. The van der Waals surface area contributed by atoms with Crippen molar-refractivity contribution in [1.82, 2.24) is 0 Å². The first-order valence-electron chi connectivity index (χ1n) is 11.6. The number of nitriles is 1. The first kappa shape index (κ1) is 25.0. The van der Waals surface area contributed by atoms with Crippen LogP contribution < -0.4 is 10.6 Å². The van der Waals surface area contributed by atoms with Gasteiger partial charge in [0.25, 0.3) is 0 Å². The lowest BCUT2D eigenvalue weighted by molar-refractivity contribution is -0.146. The molecule has 3 atom stereocenters. The molecule has 0 saturated carbocycles. The van der Waals surface area contributed by atoms with Crippen LogP contribution in [-0.4, -0.2) is 28.6 Å². The van der Waals surface area contributed by atoms with Gasteiger partial charge in [0, 0.05) is 15.5 Å². The minimum atomic E-state index is -0.967.